The number of benzene rings is 1. The summed E-state index contributed by atoms with van der Waals surface area (Å²) in [6.45, 7) is 0.890. The zero-order valence-electron chi connectivity index (χ0n) is 8.65. The zero-order chi connectivity index (χ0) is 11.4. The number of rotatable bonds is 4. The lowest BCUT2D eigenvalue weighted by atomic mass is 10.2. The molecule has 0 atom stereocenters. The van der Waals surface area contributed by atoms with E-state index in [1.165, 1.54) is 0 Å². The summed E-state index contributed by atoms with van der Waals surface area (Å²) < 4.78 is 12.1. The Kier molecular flexibility index (Phi) is 3.84. The normalized spacial score (nSPS) is 10.4. The van der Waals surface area contributed by atoms with Crippen LogP contribution in [0.25, 0.3) is 0 Å². The highest BCUT2D eigenvalue weighted by molar-refractivity contribution is 14.1. The summed E-state index contributed by atoms with van der Waals surface area (Å²) in [7, 11) is 0. The van der Waals surface area contributed by atoms with Gasteiger partial charge in [0.05, 0.1) is 6.26 Å². The van der Waals surface area contributed by atoms with E-state index in [4.69, 9.17) is 14.9 Å². The molecule has 0 unspecified atom stereocenters. The maximum atomic E-state index is 5.62. The Morgan fingerprint density at radius 3 is 2.94 bits per heavy atom. The van der Waals surface area contributed by atoms with Gasteiger partial charge < -0.3 is 14.9 Å². The second-order valence-corrected chi connectivity index (χ2v) is 4.56. The van der Waals surface area contributed by atoms with Crippen molar-refractivity contribution in [3.8, 4) is 5.75 Å². The SMILES string of the molecule is NCc1ccoc1COc1cccc(I)c1. The van der Waals surface area contributed by atoms with Crippen LogP contribution < -0.4 is 10.5 Å². The van der Waals surface area contributed by atoms with Crippen LogP contribution >= 0.6 is 22.6 Å². The number of hydrogen-bond donors (Lipinski definition) is 1. The van der Waals surface area contributed by atoms with E-state index >= 15 is 0 Å². The predicted octanol–water partition coefficient (Wildman–Crippen LogP) is 2.92. The van der Waals surface area contributed by atoms with Crippen molar-refractivity contribution in [3.63, 3.8) is 0 Å². The molecule has 1 aromatic heterocycles. The Morgan fingerprint density at radius 1 is 1.31 bits per heavy atom. The molecule has 0 spiro atoms. The van der Waals surface area contributed by atoms with Crippen molar-refractivity contribution < 1.29 is 9.15 Å². The van der Waals surface area contributed by atoms with Gasteiger partial charge in [-0.1, -0.05) is 6.07 Å². The number of furan rings is 1. The van der Waals surface area contributed by atoms with Crippen molar-refractivity contribution in [1.29, 1.82) is 0 Å². The van der Waals surface area contributed by atoms with E-state index in [0.717, 1.165) is 20.6 Å². The molecule has 2 N–H and O–H groups in total. The second-order valence-electron chi connectivity index (χ2n) is 3.32. The highest BCUT2D eigenvalue weighted by Gasteiger charge is 2.05. The first-order chi connectivity index (χ1) is 7.79. The molecule has 0 fully saturated rings. The molecule has 0 saturated carbocycles. The Labute approximate surface area is 108 Å². The predicted molar refractivity (Wildman–Crippen MR) is 70.1 cm³/mol. The van der Waals surface area contributed by atoms with Gasteiger partial charge in [-0.15, -0.1) is 0 Å². The van der Waals surface area contributed by atoms with Crippen LogP contribution in [0.4, 0.5) is 0 Å². The summed E-state index contributed by atoms with van der Waals surface area (Å²) in [4.78, 5) is 0. The molecule has 0 aliphatic rings. The van der Waals surface area contributed by atoms with Gasteiger partial charge in [-0.25, -0.2) is 0 Å². The average Bonchev–Trinajstić information content (AvgIpc) is 2.74. The monoisotopic (exact) mass is 329 g/mol. The van der Waals surface area contributed by atoms with Crippen molar-refractivity contribution in [2.24, 2.45) is 5.73 Å². The van der Waals surface area contributed by atoms with Crippen molar-refractivity contribution >= 4 is 22.6 Å². The first-order valence-electron chi connectivity index (χ1n) is 4.93. The van der Waals surface area contributed by atoms with Crippen LogP contribution in [0.2, 0.25) is 0 Å². The Bertz CT molecular complexity index is 468. The van der Waals surface area contributed by atoms with E-state index in [9.17, 15) is 0 Å². The largest absolute Gasteiger partial charge is 0.486 e. The fourth-order valence-electron chi connectivity index (χ4n) is 1.38. The minimum atomic E-state index is 0.416. The molecule has 0 bridgehead atoms. The lowest BCUT2D eigenvalue weighted by molar-refractivity contribution is 0.268. The molecule has 0 saturated heterocycles. The maximum absolute atomic E-state index is 5.62. The number of ether oxygens (including phenoxy) is 1. The third-order valence-electron chi connectivity index (χ3n) is 2.22. The Morgan fingerprint density at radius 2 is 2.19 bits per heavy atom. The van der Waals surface area contributed by atoms with E-state index in [-0.39, 0.29) is 0 Å². The van der Waals surface area contributed by atoms with Gasteiger partial charge in [-0.3, -0.25) is 0 Å². The van der Waals surface area contributed by atoms with Gasteiger partial charge in [-0.05, 0) is 46.9 Å². The van der Waals surface area contributed by atoms with E-state index in [0.29, 0.717) is 13.2 Å². The zero-order valence-corrected chi connectivity index (χ0v) is 10.8. The minimum absolute atomic E-state index is 0.416. The fraction of sp³-hybridized carbons (Fsp3) is 0.167. The van der Waals surface area contributed by atoms with Crippen LogP contribution in [0, 0.1) is 3.57 Å². The van der Waals surface area contributed by atoms with Crippen LogP contribution in [0.1, 0.15) is 11.3 Å². The second kappa shape index (κ2) is 5.36. The van der Waals surface area contributed by atoms with Gasteiger partial charge in [-0.2, -0.15) is 0 Å². The van der Waals surface area contributed by atoms with Crippen LogP contribution in [0.15, 0.2) is 41.0 Å². The van der Waals surface area contributed by atoms with E-state index in [1.54, 1.807) is 6.26 Å². The van der Waals surface area contributed by atoms with E-state index in [1.807, 2.05) is 30.3 Å². The topological polar surface area (TPSA) is 48.4 Å². The molecule has 0 amide bonds. The van der Waals surface area contributed by atoms with Crippen molar-refractivity contribution in [2.45, 2.75) is 13.2 Å². The third-order valence-corrected chi connectivity index (χ3v) is 2.89. The van der Waals surface area contributed by atoms with Crippen LogP contribution in [0.3, 0.4) is 0 Å². The molecule has 84 valence electrons. The highest BCUT2D eigenvalue weighted by atomic mass is 127. The van der Waals surface area contributed by atoms with Gasteiger partial charge in [0.2, 0.25) is 0 Å². The average molecular weight is 329 g/mol. The Hall–Kier alpha value is -1.01. The summed E-state index contributed by atoms with van der Waals surface area (Å²) in [5.74, 6) is 1.63. The molecule has 2 aromatic rings. The minimum Gasteiger partial charge on any atom is -0.486 e. The first kappa shape index (κ1) is 11.5. The van der Waals surface area contributed by atoms with Crippen LogP contribution in [-0.2, 0) is 13.2 Å². The molecule has 1 heterocycles. The molecule has 4 heteroatoms. The summed E-state index contributed by atoms with van der Waals surface area (Å²) in [6.07, 6.45) is 1.63. The molecule has 16 heavy (non-hydrogen) atoms. The van der Waals surface area contributed by atoms with Crippen LogP contribution in [-0.4, -0.2) is 0 Å². The van der Waals surface area contributed by atoms with Gasteiger partial charge in [0, 0.05) is 15.7 Å². The van der Waals surface area contributed by atoms with Crippen LogP contribution in [0.5, 0.6) is 5.75 Å². The molecule has 0 radical (unpaired) electrons. The lowest BCUT2D eigenvalue weighted by Crippen LogP contribution is -2.01. The summed E-state index contributed by atoms with van der Waals surface area (Å²) >= 11 is 2.25. The molecule has 3 nitrogen and oxygen atoms in total. The number of nitrogens with two attached hydrogens (primary N) is 1. The summed E-state index contributed by atoms with van der Waals surface area (Å²) in [5.41, 5.74) is 6.56. The molecular formula is C12H12INO2. The number of halogens is 1. The molecule has 2 rings (SSSR count). The quantitative estimate of drug-likeness (QED) is 0.878. The first-order valence-corrected chi connectivity index (χ1v) is 6.01. The van der Waals surface area contributed by atoms with E-state index in [2.05, 4.69) is 22.6 Å². The van der Waals surface area contributed by atoms with Gasteiger partial charge in [0.25, 0.3) is 0 Å². The van der Waals surface area contributed by atoms with Crippen molar-refractivity contribution in [1.82, 2.24) is 0 Å². The van der Waals surface area contributed by atoms with Crippen molar-refractivity contribution in [3.05, 3.63) is 51.5 Å². The molecule has 0 aliphatic heterocycles. The third kappa shape index (κ3) is 2.76. The lowest BCUT2D eigenvalue weighted by Gasteiger charge is -2.05. The van der Waals surface area contributed by atoms with E-state index < -0.39 is 0 Å². The Balaban J connectivity index is 2.02. The van der Waals surface area contributed by atoms with Gasteiger partial charge in [0.1, 0.15) is 18.1 Å². The highest BCUT2D eigenvalue weighted by Crippen LogP contribution is 2.18. The number of hydrogen-bond acceptors (Lipinski definition) is 3. The fourth-order valence-corrected chi connectivity index (χ4v) is 1.90. The summed E-state index contributed by atoms with van der Waals surface area (Å²) in [5, 5.41) is 0. The van der Waals surface area contributed by atoms with Gasteiger partial charge in [0.15, 0.2) is 0 Å². The summed E-state index contributed by atoms with van der Waals surface area (Å²) in [6, 6.07) is 9.75. The maximum Gasteiger partial charge on any atom is 0.146 e. The molecule has 1 aromatic carbocycles. The molecule has 0 aliphatic carbocycles. The van der Waals surface area contributed by atoms with Gasteiger partial charge >= 0.3 is 0 Å². The standard InChI is InChI=1S/C12H12INO2/c13-10-2-1-3-11(6-10)16-8-12-9(7-14)4-5-15-12/h1-6H,7-8,14H2. The smallest absolute Gasteiger partial charge is 0.146 e. The molecular weight excluding hydrogens is 317 g/mol. The van der Waals surface area contributed by atoms with Crippen molar-refractivity contribution in [2.75, 3.05) is 0 Å².